The molecule has 7 nitrogen and oxygen atoms in total. The van der Waals surface area contributed by atoms with Crippen molar-refractivity contribution in [2.24, 2.45) is 0 Å². The molecule has 4 aromatic rings. The van der Waals surface area contributed by atoms with E-state index in [0.29, 0.717) is 23.4 Å². The minimum atomic E-state index is -0.389. The van der Waals surface area contributed by atoms with Crippen LogP contribution in [-0.2, 0) is 24.2 Å². The number of nitrogens with two attached hydrogens (primary N) is 1. The van der Waals surface area contributed by atoms with Gasteiger partial charge in [0.2, 0.25) is 0 Å². The van der Waals surface area contributed by atoms with Gasteiger partial charge in [-0.2, -0.15) is 0 Å². The number of methoxy groups -OCH3 is 1. The molecule has 1 aliphatic rings. The number of carbonyl (C=O) groups is 1. The van der Waals surface area contributed by atoms with Crippen LogP contribution in [0.3, 0.4) is 0 Å². The molecule has 0 saturated carbocycles. The highest BCUT2D eigenvalue weighted by atomic mass is 16.5. The maximum absolute atomic E-state index is 12.1. The lowest BCUT2D eigenvalue weighted by Crippen LogP contribution is -2.39. The summed E-state index contributed by atoms with van der Waals surface area (Å²) in [4.78, 5) is 21.6. The number of imidazole rings is 1. The average Bonchev–Trinajstić information content (AvgIpc) is 3.58. The van der Waals surface area contributed by atoms with E-state index in [1.165, 1.54) is 44.2 Å². The van der Waals surface area contributed by atoms with E-state index in [1.807, 2.05) is 33.8 Å². The van der Waals surface area contributed by atoms with Gasteiger partial charge in [-0.1, -0.05) is 65.3 Å². The first-order chi connectivity index (χ1) is 19.4. The quantitative estimate of drug-likeness (QED) is 0.188. The minimum Gasteiger partial charge on any atom is -0.465 e. The van der Waals surface area contributed by atoms with E-state index in [4.69, 9.17) is 15.5 Å². The second-order valence-electron chi connectivity index (χ2n) is 10.4. The van der Waals surface area contributed by atoms with Crippen LogP contribution in [-0.4, -0.2) is 52.2 Å². The summed E-state index contributed by atoms with van der Waals surface area (Å²) in [5.74, 6) is 1.01. The van der Waals surface area contributed by atoms with E-state index in [0.717, 1.165) is 52.5 Å². The SMILES string of the molecule is CC.CC.CCCCc1nc2c(N)nc3cc(C(=O)OC)ccc3c2n1Cc1ccc(C[N+]2(C)CCCC2)cc1. The summed E-state index contributed by atoms with van der Waals surface area (Å²) in [5.41, 5.74) is 11.8. The molecule has 7 heteroatoms. The molecule has 0 unspecified atom stereocenters. The van der Waals surface area contributed by atoms with Gasteiger partial charge in [-0.3, -0.25) is 0 Å². The number of aromatic nitrogens is 3. The van der Waals surface area contributed by atoms with Gasteiger partial charge >= 0.3 is 5.97 Å². The average molecular weight is 547 g/mol. The molecule has 0 bridgehead atoms. The summed E-state index contributed by atoms with van der Waals surface area (Å²) < 4.78 is 8.32. The highest BCUT2D eigenvalue weighted by Crippen LogP contribution is 2.31. The van der Waals surface area contributed by atoms with E-state index in [2.05, 4.69) is 47.8 Å². The zero-order valence-electron chi connectivity index (χ0n) is 25.6. The van der Waals surface area contributed by atoms with Crippen molar-refractivity contribution in [3.63, 3.8) is 0 Å². The Hall–Kier alpha value is -3.45. The number of nitrogens with zero attached hydrogens (tertiary/aromatic N) is 4. The van der Waals surface area contributed by atoms with Gasteiger partial charge in [-0.05, 0) is 30.2 Å². The number of pyridine rings is 1. The van der Waals surface area contributed by atoms with Crippen molar-refractivity contribution >= 4 is 33.7 Å². The van der Waals surface area contributed by atoms with Gasteiger partial charge in [0.1, 0.15) is 17.9 Å². The maximum Gasteiger partial charge on any atom is 0.337 e. The van der Waals surface area contributed by atoms with Crippen LogP contribution in [0.2, 0.25) is 0 Å². The number of nitrogen functional groups attached to an aromatic ring is 1. The molecule has 0 spiro atoms. The smallest absolute Gasteiger partial charge is 0.337 e. The molecule has 5 rings (SSSR count). The lowest BCUT2D eigenvalue weighted by atomic mass is 10.1. The summed E-state index contributed by atoms with van der Waals surface area (Å²) in [6.07, 6.45) is 5.68. The maximum atomic E-state index is 12.1. The first-order valence-electron chi connectivity index (χ1n) is 15.0. The molecule has 216 valence electrons. The van der Waals surface area contributed by atoms with Crippen LogP contribution in [0, 0.1) is 0 Å². The zero-order chi connectivity index (χ0) is 29.3. The first kappa shape index (κ1) is 31.1. The number of esters is 1. The van der Waals surface area contributed by atoms with Crippen molar-refractivity contribution in [1.29, 1.82) is 0 Å². The monoisotopic (exact) mass is 546 g/mol. The van der Waals surface area contributed by atoms with E-state index < -0.39 is 0 Å². The molecule has 1 fully saturated rings. The number of fused-ring (bicyclic) bond motifs is 3. The Morgan fingerprint density at radius 1 is 1.00 bits per heavy atom. The Labute approximate surface area is 240 Å². The molecule has 1 aliphatic heterocycles. The fourth-order valence-corrected chi connectivity index (χ4v) is 5.53. The summed E-state index contributed by atoms with van der Waals surface area (Å²) in [6, 6.07) is 14.5. The largest absolute Gasteiger partial charge is 0.465 e. The van der Waals surface area contributed by atoms with Crippen LogP contribution >= 0.6 is 0 Å². The zero-order valence-corrected chi connectivity index (χ0v) is 25.6. The summed E-state index contributed by atoms with van der Waals surface area (Å²) in [7, 11) is 3.75. The second-order valence-corrected chi connectivity index (χ2v) is 10.4. The predicted molar refractivity (Wildman–Crippen MR) is 166 cm³/mol. The molecule has 0 atom stereocenters. The highest BCUT2D eigenvalue weighted by Gasteiger charge is 2.27. The normalized spacial score (nSPS) is 13.9. The molecular weight excluding hydrogens is 498 g/mol. The molecule has 0 amide bonds. The number of quaternary nitrogens is 1. The number of aryl methyl sites for hydroxylation is 1. The minimum absolute atomic E-state index is 0.383. The van der Waals surface area contributed by atoms with Crippen LogP contribution in [0.5, 0.6) is 0 Å². The Kier molecular flexibility index (Phi) is 11.1. The van der Waals surface area contributed by atoms with Crippen molar-refractivity contribution in [3.8, 4) is 0 Å². The molecule has 0 radical (unpaired) electrons. The van der Waals surface area contributed by atoms with Gasteiger partial charge in [-0.15, -0.1) is 0 Å². The van der Waals surface area contributed by atoms with Crippen LogP contribution in [0.1, 0.15) is 87.6 Å². The number of hydrogen-bond donors (Lipinski definition) is 1. The summed E-state index contributed by atoms with van der Waals surface area (Å²) >= 11 is 0. The third-order valence-electron chi connectivity index (χ3n) is 7.53. The van der Waals surface area contributed by atoms with Gasteiger partial charge < -0.3 is 19.5 Å². The van der Waals surface area contributed by atoms with Crippen molar-refractivity contribution in [2.75, 3.05) is 33.0 Å². The number of unbranched alkanes of at least 4 members (excludes halogenated alkanes) is 1. The lowest BCUT2D eigenvalue weighted by molar-refractivity contribution is -0.910. The predicted octanol–water partition coefficient (Wildman–Crippen LogP) is 7.14. The summed E-state index contributed by atoms with van der Waals surface area (Å²) in [6.45, 7) is 14.5. The van der Waals surface area contributed by atoms with E-state index in [-0.39, 0.29) is 5.97 Å². The summed E-state index contributed by atoms with van der Waals surface area (Å²) in [5, 5.41) is 0.935. The van der Waals surface area contributed by atoms with Crippen molar-refractivity contribution in [2.45, 2.75) is 79.8 Å². The first-order valence-corrected chi connectivity index (χ1v) is 15.0. The molecule has 0 aliphatic carbocycles. The highest BCUT2D eigenvalue weighted by molar-refractivity contribution is 6.08. The second kappa shape index (κ2) is 14.3. The molecular formula is C33H48N5O2+. The molecule has 1 saturated heterocycles. The molecule has 40 heavy (non-hydrogen) atoms. The van der Waals surface area contributed by atoms with Crippen molar-refractivity contribution in [3.05, 3.63) is 65.0 Å². The Morgan fingerprint density at radius 3 is 2.27 bits per heavy atom. The number of ether oxygens (including phenoxy) is 1. The topological polar surface area (TPSA) is 83.0 Å². The fourth-order valence-electron chi connectivity index (χ4n) is 5.53. The van der Waals surface area contributed by atoms with Gasteiger partial charge in [0.25, 0.3) is 0 Å². The Morgan fingerprint density at radius 2 is 1.65 bits per heavy atom. The molecule has 2 aromatic carbocycles. The standard InChI is InChI=1S/C29H36N5O2.2C2H6/c1-4-5-8-25-32-26-27(23-14-13-22(29(35)36-3)17-24(23)31-28(26)30)33(25)18-20-9-11-21(12-10-20)19-34(2)15-6-7-16-34;2*1-2/h9-14,17H,4-8,15-16,18-19H2,1-3H3,(H2,30,31);2*1-2H3/q+1;;. The van der Waals surface area contributed by atoms with E-state index >= 15 is 0 Å². The van der Waals surface area contributed by atoms with Crippen molar-refractivity contribution < 1.29 is 14.0 Å². The van der Waals surface area contributed by atoms with Crippen LogP contribution in [0.15, 0.2) is 42.5 Å². The number of benzene rings is 2. The number of anilines is 1. The van der Waals surface area contributed by atoms with Gasteiger partial charge in [0.05, 0.1) is 43.8 Å². The van der Waals surface area contributed by atoms with Crippen LogP contribution < -0.4 is 5.73 Å². The van der Waals surface area contributed by atoms with E-state index in [9.17, 15) is 4.79 Å². The third-order valence-corrected chi connectivity index (χ3v) is 7.53. The third kappa shape index (κ3) is 6.81. The van der Waals surface area contributed by atoms with Crippen LogP contribution in [0.25, 0.3) is 21.9 Å². The number of hydrogen-bond acceptors (Lipinski definition) is 5. The number of carbonyl (C=O) groups excluding carboxylic acids is 1. The molecule has 2 N–H and O–H groups in total. The van der Waals surface area contributed by atoms with Gasteiger partial charge in [-0.25, -0.2) is 14.8 Å². The van der Waals surface area contributed by atoms with Crippen LogP contribution in [0.4, 0.5) is 5.82 Å². The fraction of sp³-hybridized carbons (Fsp3) is 0.485. The van der Waals surface area contributed by atoms with E-state index in [1.54, 1.807) is 12.1 Å². The van der Waals surface area contributed by atoms with Gasteiger partial charge in [0, 0.05) is 36.8 Å². The van der Waals surface area contributed by atoms with Gasteiger partial charge in [0.15, 0.2) is 5.82 Å². The Bertz CT molecular complexity index is 1400. The number of likely N-dealkylation sites (tertiary alicyclic amines) is 1. The lowest BCUT2D eigenvalue weighted by Gasteiger charge is -2.29. The Balaban J connectivity index is 0.00000106. The molecule has 2 aromatic heterocycles. The number of rotatable bonds is 8. The molecule has 3 heterocycles. The van der Waals surface area contributed by atoms with Crippen molar-refractivity contribution in [1.82, 2.24) is 14.5 Å².